The molecule has 3 N–H and O–H groups in total. The number of rotatable bonds is 9. The predicted molar refractivity (Wildman–Crippen MR) is 229 cm³/mol. The number of nitrogens with zero attached hydrogens (tertiary/aromatic N) is 3. The summed E-state index contributed by atoms with van der Waals surface area (Å²) < 4.78 is 5.88. The highest BCUT2D eigenvalue weighted by Gasteiger charge is 2.34. The van der Waals surface area contributed by atoms with Crippen LogP contribution in [0.1, 0.15) is 156 Å². The van der Waals surface area contributed by atoms with Crippen molar-refractivity contribution in [3.8, 4) is 0 Å². The highest BCUT2D eigenvalue weighted by atomic mass is 16.5. The van der Waals surface area contributed by atoms with Gasteiger partial charge in [-0.15, -0.1) is 0 Å². The number of carbonyl (C=O) groups is 3. The summed E-state index contributed by atoms with van der Waals surface area (Å²) >= 11 is 0. The van der Waals surface area contributed by atoms with E-state index in [-0.39, 0.29) is 30.1 Å². The van der Waals surface area contributed by atoms with Gasteiger partial charge in [-0.2, -0.15) is 0 Å². The molecule has 324 valence electrons. The lowest BCUT2D eigenvalue weighted by Gasteiger charge is -2.31. The van der Waals surface area contributed by atoms with Crippen LogP contribution in [0.3, 0.4) is 0 Å². The van der Waals surface area contributed by atoms with Crippen LogP contribution in [0.15, 0.2) is 0 Å². The van der Waals surface area contributed by atoms with Gasteiger partial charge in [0.1, 0.15) is 0 Å². The van der Waals surface area contributed by atoms with Crippen molar-refractivity contribution >= 4 is 17.7 Å². The zero-order chi connectivity index (χ0) is 40.3. The van der Waals surface area contributed by atoms with E-state index in [9.17, 15) is 14.4 Å². The van der Waals surface area contributed by atoms with E-state index >= 15 is 0 Å². The van der Waals surface area contributed by atoms with Crippen molar-refractivity contribution in [2.45, 2.75) is 180 Å². The van der Waals surface area contributed by atoms with Crippen molar-refractivity contribution in [2.24, 2.45) is 29.6 Å². The van der Waals surface area contributed by atoms with Crippen LogP contribution < -0.4 is 16.0 Å². The molecule has 0 aromatic rings. The summed E-state index contributed by atoms with van der Waals surface area (Å²) in [5, 5.41) is 9.64. The van der Waals surface area contributed by atoms with Crippen LogP contribution in [-0.2, 0) is 19.1 Å². The van der Waals surface area contributed by atoms with Gasteiger partial charge in [0.2, 0.25) is 17.7 Å². The summed E-state index contributed by atoms with van der Waals surface area (Å²) in [7, 11) is 5.74. The number of likely N-dealkylation sites (tertiary alicyclic amines) is 3. The molecule has 4 heterocycles. The molecule has 10 heteroatoms. The van der Waals surface area contributed by atoms with Crippen LogP contribution in [0.4, 0.5) is 0 Å². The lowest BCUT2D eigenvalue weighted by atomic mass is 9.89. The van der Waals surface area contributed by atoms with E-state index in [4.69, 9.17) is 4.74 Å². The van der Waals surface area contributed by atoms with Gasteiger partial charge in [-0.25, -0.2) is 0 Å². The molecule has 6 rings (SSSR count). The number of carbonyl (C=O) groups excluding carboxylic acids is 3. The molecule has 0 bridgehead atoms. The molecule has 7 atom stereocenters. The third kappa shape index (κ3) is 14.8. The first-order valence-corrected chi connectivity index (χ1v) is 23.7. The van der Waals surface area contributed by atoms with E-state index in [0.717, 1.165) is 89.8 Å². The topological polar surface area (TPSA) is 106 Å². The zero-order valence-electron chi connectivity index (χ0n) is 37.0. The average molecular weight is 787 g/mol. The first kappa shape index (κ1) is 46.9. The average Bonchev–Trinajstić information content (AvgIpc) is 3.75. The predicted octanol–water partition coefficient (Wildman–Crippen LogP) is 7.01. The maximum atomic E-state index is 12.6. The molecule has 6 fully saturated rings. The molecule has 4 aliphatic heterocycles. The van der Waals surface area contributed by atoms with Gasteiger partial charge >= 0.3 is 0 Å². The molecule has 2 saturated carbocycles. The smallest absolute Gasteiger partial charge is 0.240 e. The first-order valence-electron chi connectivity index (χ1n) is 23.7. The normalized spacial score (nSPS) is 32.1. The number of hydrogen-bond donors (Lipinski definition) is 3. The molecule has 0 radical (unpaired) electrons. The van der Waals surface area contributed by atoms with Crippen LogP contribution in [0.2, 0.25) is 0 Å². The Balaban J connectivity index is 0.000000187. The van der Waals surface area contributed by atoms with Crippen LogP contribution in [0.25, 0.3) is 0 Å². The quantitative estimate of drug-likeness (QED) is 0.216. The lowest BCUT2D eigenvalue weighted by Crippen LogP contribution is -2.49. The third-order valence-corrected chi connectivity index (χ3v) is 14.2. The Kier molecular flexibility index (Phi) is 21.5. The van der Waals surface area contributed by atoms with Gasteiger partial charge in [-0.05, 0) is 128 Å². The highest BCUT2D eigenvalue weighted by Crippen LogP contribution is 2.28. The van der Waals surface area contributed by atoms with E-state index in [2.05, 4.69) is 46.5 Å². The van der Waals surface area contributed by atoms with Gasteiger partial charge < -0.3 is 35.4 Å². The van der Waals surface area contributed by atoms with Crippen LogP contribution in [-0.4, -0.2) is 124 Å². The molecule has 4 saturated heterocycles. The SMILES string of the molecule is CNC1C(=O)N(CC2CCCCC2)CCCC1C.CNC1C(=O)N(CC2CCCCCC2)CCCC1C.CNC1C(=O)N(CC2CCCCCO2)CCCC1C. The maximum absolute atomic E-state index is 12.6. The molecule has 6 aliphatic rings. The number of amides is 3. The second kappa shape index (κ2) is 25.7. The van der Waals surface area contributed by atoms with Gasteiger partial charge in [0.15, 0.2) is 0 Å². The van der Waals surface area contributed by atoms with Crippen molar-refractivity contribution in [3.05, 3.63) is 0 Å². The van der Waals surface area contributed by atoms with Crippen molar-refractivity contribution in [1.29, 1.82) is 0 Å². The summed E-state index contributed by atoms with van der Waals surface area (Å²) in [4.78, 5) is 44.0. The second-order valence-corrected chi connectivity index (χ2v) is 18.7. The van der Waals surface area contributed by atoms with Crippen molar-refractivity contribution < 1.29 is 19.1 Å². The molecule has 2 aliphatic carbocycles. The lowest BCUT2D eigenvalue weighted by molar-refractivity contribution is -0.136. The third-order valence-electron chi connectivity index (χ3n) is 14.2. The first-order chi connectivity index (χ1) is 27.2. The molecule has 56 heavy (non-hydrogen) atoms. The fourth-order valence-electron chi connectivity index (χ4n) is 10.6. The summed E-state index contributed by atoms with van der Waals surface area (Å²) in [6.07, 6.45) is 26.8. The summed E-state index contributed by atoms with van der Waals surface area (Å²) in [6.45, 7) is 13.1. The van der Waals surface area contributed by atoms with Crippen LogP contribution >= 0.6 is 0 Å². The van der Waals surface area contributed by atoms with Gasteiger partial charge in [-0.1, -0.05) is 78.6 Å². The van der Waals surface area contributed by atoms with Crippen molar-refractivity contribution in [2.75, 3.05) is 67.0 Å². The molecular formula is C46H86N6O4. The molecule has 0 aromatic heterocycles. The van der Waals surface area contributed by atoms with Crippen LogP contribution in [0, 0.1) is 29.6 Å². The summed E-state index contributed by atoms with van der Waals surface area (Å²) in [5.74, 6) is 3.82. The van der Waals surface area contributed by atoms with Gasteiger partial charge in [0.05, 0.1) is 24.2 Å². The Morgan fingerprint density at radius 3 is 1.18 bits per heavy atom. The molecule has 0 aromatic carbocycles. The Hall–Kier alpha value is -1.75. The fraction of sp³-hybridized carbons (Fsp3) is 0.935. The summed E-state index contributed by atoms with van der Waals surface area (Å²) in [5.41, 5.74) is 0. The molecule has 0 spiro atoms. The number of nitrogens with one attached hydrogen (secondary N) is 3. The maximum Gasteiger partial charge on any atom is 0.240 e. The zero-order valence-corrected chi connectivity index (χ0v) is 37.0. The summed E-state index contributed by atoms with van der Waals surface area (Å²) in [6, 6.07) is 0.0534. The van der Waals surface area contributed by atoms with E-state index < -0.39 is 0 Å². The largest absolute Gasteiger partial charge is 0.376 e. The van der Waals surface area contributed by atoms with Gasteiger partial charge in [0.25, 0.3) is 0 Å². The standard InChI is InChI=1S/C16H30N2O.C15H28N2O2.C15H28N2O/c1-13-8-7-11-18(16(19)15(13)17-2)12-14-9-5-3-4-6-10-14;1-12-7-6-9-17(15(18)14(12)16-2)11-13-8-4-3-5-10-19-13;1-12-7-6-10-17(15(18)14(12)16-2)11-13-8-4-3-5-9-13/h13-15,17H,3-12H2,1-2H3;12-14,16H,3-11H2,1-2H3;12-14,16H,3-11H2,1-2H3. The van der Waals surface area contributed by atoms with E-state index in [1.165, 1.54) is 103 Å². The van der Waals surface area contributed by atoms with Crippen molar-refractivity contribution in [1.82, 2.24) is 30.7 Å². The Labute approximate surface area is 343 Å². The van der Waals surface area contributed by atoms with E-state index in [0.29, 0.717) is 29.6 Å². The molecule has 10 nitrogen and oxygen atoms in total. The second-order valence-electron chi connectivity index (χ2n) is 18.7. The van der Waals surface area contributed by atoms with Crippen LogP contribution in [0.5, 0.6) is 0 Å². The number of likely N-dealkylation sites (N-methyl/N-ethyl adjacent to an activating group) is 3. The van der Waals surface area contributed by atoms with Crippen molar-refractivity contribution in [3.63, 3.8) is 0 Å². The molecular weight excluding hydrogens is 701 g/mol. The highest BCUT2D eigenvalue weighted by molar-refractivity contribution is 5.83. The Bertz CT molecular complexity index is 1060. The minimum Gasteiger partial charge on any atom is -0.376 e. The number of hydrogen-bond acceptors (Lipinski definition) is 7. The Morgan fingerprint density at radius 2 is 0.786 bits per heavy atom. The van der Waals surface area contributed by atoms with E-state index in [1.54, 1.807) is 0 Å². The monoisotopic (exact) mass is 787 g/mol. The fourth-order valence-corrected chi connectivity index (χ4v) is 10.6. The van der Waals surface area contributed by atoms with Gasteiger partial charge in [-0.3, -0.25) is 14.4 Å². The molecule has 3 amide bonds. The number of ether oxygens (including phenoxy) is 1. The van der Waals surface area contributed by atoms with Gasteiger partial charge in [0, 0.05) is 45.9 Å². The minimum atomic E-state index is -0.0201. The van der Waals surface area contributed by atoms with E-state index in [1.807, 2.05) is 26.0 Å². The molecule has 7 unspecified atom stereocenters. The Morgan fingerprint density at radius 1 is 0.446 bits per heavy atom. The minimum absolute atomic E-state index is 0.0201.